The quantitative estimate of drug-likeness (QED) is 0.215. The van der Waals surface area contributed by atoms with Crippen molar-refractivity contribution in [3.05, 3.63) is 83.7 Å². The second-order valence-corrected chi connectivity index (χ2v) is 33.9. The summed E-state index contributed by atoms with van der Waals surface area (Å²) in [4.78, 5) is 8.50. The van der Waals surface area contributed by atoms with Gasteiger partial charge in [0.1, 0.15) is 11.6 Å². The molecule has 4 aromatic rings. The second-order valence-electron chi connectivity index (χ2n) is 6.19. The molecule has 0 saturated carbocycles. The van der Waals surface area contributed by atoms with Gasteiger partial charge in [0.2, 0.25) is 0 Å². The van der Waals surface area contributed by atoms with Gasteiger partial charge >= 0.3 is 49.6 Å². The van der Waals surface area contributed by atoms with Gasteiger partial charge in [-0.3, -0.25) is 9.97 Å². The van der Waals surface area contributed by atoms with Crippen LogP contribution in [-0.4, -0.2) is 9.97 Å². The second kappa shape index (κ2) is 10.8. The predicted octanol–water partition coefficient (Wildman–Crippen LogP) is 8.12. The maximum absolute atomic E-state index is 12.7. The number of hydrogen-bond acceptors (Lipinski definition) is 2. The van der Waals surface area contributed by atoms with Crippen LogP contribution in [0.15, 0.2) is 60.7 Å². The molecule has 0 bridgehead atoms. The van der Waals surface area contributed by atoms with Crippen LogP contribution >= 0.6 is 38.8 Å². The van der Waals surface area contributed by atoms with Crippen LogP contribution in [0.1, 0.15) is 11.4 Å². The van der Waals surface area contributed by atoms with E-state index in [0.717, 1.165) is 33.2 Å². The number of aromatic nitrogens is 2. The van der Waals surface area contributed by atoms with Crippen molar-refractivity contribution in [3.8, 4) is 0 Å². The van der Waals surface area contributed by atoms with E-state index in [4.69, 9.17) is 38.8 Å². The SMILES string of the molecule is Cc1ccc2cc(F)ccc2n1.Cc1ccc2cc(F)ccc2n1.[Cl][Zn-2]([Cl])([Cl])[Cl]. The molecule has 0 N–H and O–H groups in total. The van der Waals surface area contributed by atoms with Gasteiger partial charge in [-0.2, -0.15) is 0 Å². The van der Waals surface area contributed by atoms with Crippen molar-refractivity contribution < 1.29 is 19.6 Å². The first-order valence-electron chi connectivity index (χ1n) is 8.64. The molecule has 152 valence electrons. The van der Waals surface area contributed by atoms with Crippen LogP contribution in [0.25, 0.3) is 21.8 Å². The molecular formula is C20H16Cl4F2N2Zn-2. The predicted molar refractivity (Wildman–Crippen MR) is 116 cm³/mol. The summed E-state index contributed by atoms with van der Waals surface area (Å²) >= 11 is 0. The van der Waals surface area contributed by atoms with E-state index < -0.39 is 10.8 Å². The number of aryl methyl sites for hydroxylation is 2. The number of pyridine rings is 2. The van der Waals surface area contributed by atoms with E-state index in [0.29, 0.717) is 0 Å². The Morgan fingerprint density at radius 2 is 0.966 bits per heavy atom. The van der Waals surface area contributed by atoms with Gasteiger partial charge in [-0.1, -0.05) is 12.1 Å². The molecule has 0 spiro atoms. The summed E-state index contributed by atoms with van der Waals surface area (Å²) in [6, 6.07) is 16.7. The normalized spacial score (nSPS) is 10.8. The first-order valence-corrected chi connectivity index (χ1v) is 24.2. The van der Waals surface area contributed by atoms with Gasteiger partial charge in [0.05, 0.1) is 11.0 Å². The molecule has 29 heavy (non-hydrogen) atoms. The molecule has 2 heterocycles. The minimum absolute atomic E-state index is 0.215. The first-order chi connectivity index (χ1) is 13.5. The summed E-state index contributed by atoms with van der Waals surface area (Å²) in [5.74, 6) is -0.429. The summed E-state index contributed by atoms with van der Waals surface area (Å²) in [6.07, 6.45) is 0. The monoisotopic (exact) mass is 526 g/mol. The van der Waals surface area contributed by atoms with E-state index in [1.807, 2.05) is 38.1 Å². The van der Waals surface area contributed by atoms with Crippen LogP contribution in [0.4, 0.5) is 8.78 Å². The number of hydrogen-bond donors (Lipinski definition) is 0. The molecule has 0 amide bonds. The molecule has 4 rings (SSSR count). The Bertz CT molecular complexity index is 949. The Labute approximate surface area is 186 Å². The van der Waals surface area contributed by atoms with Crippen molar-refractivity contribution in [1.82, 2.24) is 9.97 Å². The summed E-state index contributed by atoms with van der Waals surface area (Å²) < 4.78 is 25.4. The Balaban J connectivity index is 0.000000170. The summed E-state index contributed by atoms with van der Waals surface area (Å²) in [6.45, 7) is 3.84. The zero-order chi connectivity index (χ0) is 21.6. The van der Waals surface area contributed by atoms with Crippen LogP contribution in [0.5, 0.6) is 0 Å². The molecule has 2 nitrogen and oxygen atoms in total. The van der Waals surface area contributed by atoms with Gasteiger partial charge in [-0.15, -0.1) is 0 Å². The number of nitrogens with zero attached hydrogens (tertiary/aromatic N) is 2. The van der Waals surface area contributed by atoms with Crippen molar-refractivity contribution in [2.45, 2.75) is 13.8 Å². The number of halogens is 6. The van der Waals surface area contributed by atoms with Gasteiger partial charge in [0, 0.05) is 22.2 Å². The fourth-order valence-electron chi connectivity index (χ4n) is 2.40. The molecule has 0 unspecified atom stereocenters. The Kier molecular flexibility index (Phi) is 8.99. The summed E-state index contributed by atoms with van der Waals surface area (Å²) in [7, 11) is 16.8. The van der Waals surface area contributed by atoms with Crippen molar-refractivity contribution in [1.29, 1.82) is 0 Å². The van der Waals surface area contributed by atoms with E-state index in [-0.39, 0.29) is 11.6 Å². The number of fused-ring (bicyclic) bond motifs is 2. The van der Waals surface area contributed by atoms with Crippen molar-refractivity contribution in [3.63, 3.8) is 0 Å². The van der Waals surface area contributed by atoms with Crippen LogP contribution in [0, 0.1) is 25.5 Å². The summed E-state index contributed by atoms with van der Waals surface area (Å²) in [5.41, 5.74) is 3.59. The Hall–Kier alpha value is -1.10. The molecule has 0 aliphatic rings. The fourth-order valence-corrected chi connectivity index (χ4v) is 2.40. The molecule has 0 aliphatic carbocycles. The van der Waals surface area contributed by atoms with Crippen molar-refractivity contribution in [2.75, 3.05) is 0 Å². The van der Waals surface area contributed by atoms with Crippen LogP contribution in [0.3, 0.4) is 0 Å². The molecule has 0 radical (unpaired) electrons. The van der Waals surface area contributed by atoms with Crippen molar-refractivity contribution >= 4 is 60.6 Å². The Morgan fingerprint density at radius 3 is 1.31 bits per heavy atom. The van der Waals surface area contributed by atoms with E-state index in [9.17, 15) is 8.78 Å². The van der Waals surface area contributed by atoms with Crippen LogP contribution < -0.4 is 0 Å². The maximum atomic E-state index is 12.7. The van der Waals surface area contributed by atoms with Gasteiger partial charge < -0.3 is 0 Å². The van der Waals surface area contributed by atoms with Crippen LogP contribution in [0.2, 0.25) is 0 Å². The molecule has 2 aromatic heterocycles. The Morgan fingerprint density at radius 1 is 0.621 bits per heavy atom. The molecule has 9 heteroatoms. The van der Waals surface area contributed by atoms with E-state index >= 15 is 0 Å². The van der Waals surface area contributed by atoms with Gasteiger partial charge in [0.15, 0.2) is 0 Å². The third-order valence-corrected chi connectivity index (χ3v) is 3.58. The third kappa shape index (κ3) is 9.06. The zero-order valence-electron chi connectivity index (χ0n) is 15.6. The number of benzene rings is 2. The average Bonchev–Trinajstić information content (AvgIpc) is 2.61. The average molecular weight is 530 g/mol. The zero-order valence-corrected chi connectivity index (χ0v) is 21.6. The molecule has 0 atom stereocenters. The standard InChI is InChI=1S/2C10H8FN.4ClH.Zn/c2*1-7-2-3-8-6-9(11)4-5-10(8)12-7;;;;;/h2*2-6H,1H3;4*1H;/q;;;;;;+2/p-4. The molecule has 0 aliphatic heterocycles. The third-order valence-electron chi connectivity index (χ3n) is 3.58. The van der Waals surface area contributed by atoms with Crippen LogP contribution in [-0.2, 0) is 10.8 Å². The van der Waals surface area contributed by atoms with Gasteiger partial charge in [0.25, 0.3) is 0 Å². The minimum atomic E-state index is -3.36. The molecule has 0 fully saturated rings. The van der Waals surface area contributed by atoms with Gasteiger partial charge in [-0.25, -0.2) is 8.78 Å². The first kappa shape index (κ1) is 24.2. The molecular weight excluding hydrogens is 513 g/mol. The fraction of sp³-hybridized carbons (Fsp3) is 0.100. The molecule has 2 aromatic carbocycles. The van der Waals surface area contributed by atoms with E-state index in [1.54, 1.807) is 12.1 Å². The van der Waals surface area contributed by atoms with Gasteiger partial charge in [-0.05, 0) is 62.4 Å². The summed E-state index contributed by atoms with van der Waals surface area (Å²) in [5, 5.41) is 1.70. The van der Waals surface area contributed by atoms with E-state index in [1.165, 1.54) is 24.3 Å². The van der Waals surface area contributed by atoms with Crippen molar-refractivity contribution in [2.24, 2.45) is 0 Å². The number of rotatable bonds is 0. The topological polar surface area (TPSA) is 25.8 Å². The molecule has 0 saturated heterocycles. The van der Waals surface area contributed by atoms with E-state index in [2.05, 4.69) is 9.97 Å².